The number of carbonyl (C=O) groups is 3. The average Bonchev–Trinajstić information content (AvgIpc) is 2.69. The van der Waals surface area contributed by atoms with Crippen molar-refractivity contribution in [1.82, 2.24) is 10.6 Å². The number of ether oxygens (including phenoxy) is 2. The summed E-state index contributed by atoms with van der Waals surface area (Å²) in [6.45, 7) is 14.1. The van der Waals surface area contributed by atoms with Crippen LogP contribution in [0.5, 0.6) is 0 Å². The van der Waals surface area contributed by atoms with Crippen molar-refractivity contribution in [3.8, 4) is 0 Å². The third kappa shape index (κ3) is 9.98. The molecule has 3 atom stereocenters. The highest BCUT2D eigenvalue weighted by Crippen LogP contribution is 2.20. The predicted octanol–water partition coefficient (Wildman–Crippen LogP) is 4.21. The molecule has 7 heteroatoms. The van der Waals surface area contributed by atoms with Gasteiger partial charge in [0.05, 0.1) is 6.04 Å². The maximum Gasteiger partial charge on any atom is 0.408 e. The van der Waals surface area contributed by atoms with Crippen molar-refractivity contribution in [1.29, 1.82) is 0 Å². The van der Waals surface area contributed by atoms with Gasteiger partial charge in [0.1, 0.15) is 17.7 Å². The van der Waals surface area contributed by atoms with E-state index < -0.39 is 35.9 Å². The van der Waals surface area contributed by atoms with Crippen molar-refractivity contribution in [2.75, 3.05) is 0 Å². The van der Waals surface area contributed by atoms with Crippen LogP contribution in [0.3, 0.4) is 0 Å². The van der Waals surface area contributed by atoms with Crippen LogP contribution in [0.1, 0.15) is 58.6 Å². The lowest BCUT2D eigenvalue weighted by Gasteiger charge is -2.28. The van der Waals surface area contributed by atoms with E-state index in [2.05, 4.69) is 23.8 Å². The van der Waals surface area contributed by atoms with E-state index in [1.54, 1.807) is 33.8 Å². The zero-order valence-electron chi connectivity index (χ0n) is 18.9. The number of esters is 1. The molecule has 0 aliphatic heterocycles. The lowest BCUT2D eigenvalue weighted by Crippen LogP contribution is -2.46. The summed E-state index contributed by atoms with van der Waals surface area (Å²) in [7, 11) is 0. The van der Waals surface area contributed by atoms with Crippen molar-refractivity contribution in [2.45, 2.75) is 70.7 Å². The molecular formula is C24H34N2O5. The summed E-state index contributed by atoms with van der Waals surface area (Å²) in [5.41, 5.74) is 0.101. The Hall–Kier alpha value is -3.09. The summed E-state index contributed by atoms with van der Waals surface area (Å²) in [6.07, 6.45) is 2.78. The summed E-state index contributed by atoms with van der Waals surface area (Å²) < 4.78 is 10.8. The molecule has 0 bridgehead atoms. The molecule has 1 aromatic carbocycles. The van der Waals surface area contributed by atoms with Crippen molar-refractivity contribution < 1.29 is 23.9 Å². The first kappa shape index (κ1) is 25.9. The fourth-order valence-corrected chi connectivity index (χ4v) is 2.77. The zero-order valence-corrected chi connectivity index (χ0v) is 18.9. The fourth-order valence-electron chi connectivity index (χ4n) is 2.77. The Morgan fingerprint density at radius 1 is 1.06 bits per heavy atom. The molecule has 1 rings (SSSR count). The van der Waals surface area contributed by atoms with Crippen molar-refractivity contribution >= 4 is 18.0 Å². The van der Waals surface area contributed by atoms with Crippen molar-refractivity contribution in [3.63, 3.8) is 0 Å². The molecule has 31 heavy (non-hydrogen) atoms. The Labute approximate surface area is 184 Å². The molecule has 7 nitrogen and oxygen atoms in total. The molecule has 170 valence electrons. The second-order valence-electron chi connectivity index (χ2n) is 8.15. The van der Waals surface area contributed by atoms with Crippen molar-refractivity contribution in [2.24, 2.45) is 0 Å². The summed E-state index contributed by atoms with van der Waals surface area (Å²) in [5.74, 6) is -0.814. The highest BCUT2D eigenvalue weighted by atomic mass is 16.6. The van der Waals surface area contributed by atoms with Crippen LogP contribution >= 0.6 is 0 Å². The minimum atomic E-state index is -0.956. The topological polar surface area (TPSA) is 93.7 Å². The highest BCUT2D eigenvalue weighted by Gasteiger charge is 2.29. The molecule has 0 aliphatic carbocycles. The van der Waals surface area contributed by atoms with Crippen LogP contribution in [-0.4, -0.2) is 35.7 Å². The second-order valence-corrected chi connectivity index (χ2v) is 8.15. The lowest BCUT2D eigenvalue weighted by atomic mass is 10.0. The van der Waals surface area contributed by atoms with E-state index >= 15 is 0 Å². The van der Waals surface area contributed by atoms with Gasteiger partial charge in [-0.25, -0.2) is 9.59 Å². The first-order valence-electron chi connectivity index (χ1n) is 10.3. The number of hydrogen-bond acceptors (Lipinski definition) is 5. The molecule has 0 aromatic heterocycles. The Bertz CT molecular complexity index is 755. The van der Waals surface area contributed by atoms with Crippen LogP contribution in [0, 0.1) is 0 Å². The van der Waals surface area contributed by atoms with E-state index in [9.17, 15) is 14.4 Å². The van der Waals surface area contributed by atoms with E-state index in [1.165, 1.54) is 6.08 Å². The number of amides is 2. The number of benzene rings is 1. The van der Waals surface area contributed by atoms with Gasteiger partial charge in [0.15, 0.2) is 0 Å². The lowest BCUT2D eigenvalue weighted by molar-refractivity contribution is -0.153. The van der Waals surface area contributed by atoms with Gasteiger partial charge in [0, 0.05) is 6.42 Å². The summed E-state index contributed by atoms with van der Waals surface area (Å²) in [5, 5.41) is 5.44. The van der Waals surface area contributed by atoms with Gasteiger partial charge in [-0.3, -0.25) is 4.79 Å². The van der Waals surface area contributed by atoms with Crippen LogP contribution in [0.2, 0.25) is 0 Å². The quantitative estimate of drug-likeness (QED) is 0.405. The number of nitrogens with one attached hydrogen (secondary N) is 2. The predicted molar refractivity (Wildman–Crippen MR) is 120 cm³/mol. The van der Waals surface area contributed by atoms with E-state index in [1.807, 2.05) is 30.3 Å². The van der Waals surface area contributed by atoms with Gasteiger partial charge in [-0.1, -0.05) is 42.5 Å². The number of rotatable bonds is 11. The summed E-state index contributed by atoms with van der Waals surface area (Å²) in [4.78, 5) is 37.2. The molecule has 2 N–H and O–H groups in total. The SMILES string of the molecule is C=CCCC(=O)N[C@H](c1ccccc1)[C@@H](C)OC(=O)C(CC=C)NC(=O)OC(C)(C)C. The molecule has 0 fully saturated rings. The second kappa shape index (κ2) is 12.6. The third-order valence-electron chi connectivity index (χ3n) is 4.20. The Morgan fingerprint density at radius 3 is 2.26 bits per heavy atom. The van der Waals surface area contributed by atoms with Crippen LogP contribution in [0.4, 0.5) is 4.79 Å². The summed E-state index contributed by atoms with van der Waals surface area (Å²) in [6, 6.07) is 7.75. The standard InChI is InChI=1S/C24H34N2O5/c1-7-9-16-20(27)26-21(18-14-11-10-12-15-18)17(3)30-22(28)19(13-8-2)25-23(29)31-24(4,5)6/h7-8,10-12,14-15,17,19,21H,1-2,9,13,16H2,3-6H3,(H,25,29)(H,26,27)/t17-,19?,21+/m1/s1. The van der Waals surface area contributed by atoms with Crippen LogP contribution < -0.4 is 10.6 Å². The van der Waals surface area contributed by atoms with Gasteiger partial charge in [0.25, 0.3) is 0 Å². The number of carbonyl (C=O) groups excluding carboxylic acids is 3. The van der Waals surface area contributed by atoms with E-state index in [-0.39, 0.29) is 18.7 Å². The molecule has 0 spiro atoms. The number of allylic oxidation sites excluding steroid dienone is 1. The molecule has 1 aromatic rings. The van der Waals surface area contributed by atoms with Crippen LogP contribution in [0.25, 0.3) is 0 Å². The van der Waals surface area contributed by atoms with Gasteiger partial charge < -0.3 is 20.1 Å². The smallest absolute Gasteiger partial charge is 0.408 e. The Kier molecular flexibility index (Phi) is 10.5. The molecule has 0 saturated carbocycles. The molecule has 0 heterocycles. The minimum Gasteiger partial charge on any atom is -0.459 e. The first-order valence-corrected chi connectivity index (χ1v) is 10.3. The van der Waals surface area contributed by atoms with Gasteiger partial charge in [-0.05, 0) is 46.1 Å². The fraction of sp³-hybridized carbons (Fsp3) is 0.458. The molecule has 1 unspecified atom stereocenters. The summed E-state index contributed by atoms with van der Waals surface area (Å²) >= 11 is 0. The molecule has 0 saturated heterocycles. The molecular weight excluding hydrogens is 396 g/mol. The maximum atomic E-state index is 12.8. The minimum absolute atomic E-state index is 0.173. The maximum absolute atomic E-state index is 12.8. The van der Waals surface area contributed by atoms with E-state index in [0.717, 1.165) is 5.56 Å². The largest absolute Gasteiger partial charge is 0.459 e. The molecule has 0 aliphatic rings. The number of alkyl carbamates (subject to hydrolysis) is 1. The normalized spacial score (nSPS) is 13.8. The van der Waals surface area contributed by atoms with Gasteiger partial charge in [-0.15, -0.1) is 13.2 Å². The van der Waals surface area contributed by atoms with Gasteiger partial charge in [0.2, 0.25) is 5.91 Å². The van der Waals surface area contributed by atoms with E-state index in [0.29, 0.717) is 6.42 Å². The van der Waals surface area contributed by atoms with Crippen LogP contribution in [-0.2, 0) is 19.1 Å². The molecule has 0 radical (unpaired) electrons. The average molecular weight is 431 g/mol. The monoisotopic (exact) mass is 430 g/mol. The Morgan fingerprint density at radius 2 is 1.71 bits per heavy atom. The number of hydrogen-bond donors (Lipinski definition) is 2. The highest BCUT2D eigenvalue weighted by molar-refractivity contribution is 5.82. The Balaban J connectivity index is 2.92. The van der Waals surface area contributed by atoms with Crippen molar-refractivity contribution in [3.05, 3.63) is 61.2 Å². The van der Waals surface area contributed by atoms with Gasteiger partial charge in [-0.2, -0.15) is 0 Å². The van der Waals surface area contributed by atoms with Crippen LogP contribution in [0.15, 0.2) is 55.6 Å². The zero-order chi connectivity index (χ0) is 23.4. The van der Waals surface area contributed by atoms with E-state index in [4.69, 9.17) is 9.47 Å². The molecule has 2 amide bonds. The first-order chi connectivity index (χ1) is 14.6. The third-order valence-corrected chi connectivity index (χ3v) is 4.20. The van der Waals surface area contributed by atoms with Gasteiger partial charge >= 0.3 is 12.1 Å².